The molecule has 1 fully saturated rings. The third kappa shape index (κ3) is 4.68. The van der Waals surface area contributed by atoms with E-state index >= 15 is 0 Å². The molecule has 144 valence electrons. The summed E-state index contributed by atoms with van der Waals surface area (Å²) >= 11 is 0. The minimum atomic E-state index is -3.04. The number of hydrogen-bond acceptors (Lipinski definition) is 7. The van der Waals surface area contributed by atoms with Gasteiger partial charge < -0.3 is 20.1 Å². The van der Waals surface area contributed by atoms with E-state index < -0.39 is 9.84 Å². The van der Waals surface area contributed by atoms with Gasteiger partial charge in [0, 0.05) is 18.3 Å². The lowest BCUT2D eigenvalue weighted by Crippen LogP contribution is -2.35. The van der Waals surface area contributed by atoms with Gasteiger partial charge in [-0.1, -0.05) is 0 Å². The van der Waals surface area contributed by atoms with E-state index in [-0.39, 0.29) is 23.5 Å². The van der Waals surface area contributed by atoms with Crippen molar-refractivity contribution < 1.29 is 22.7 Å². The second kappa shape index (κ2) is 7.83. The van der Waals surface area contributed by atoms with E-state index in [2.05, 4.69) is 15.6 Å². The Morgan fingerprint density at radius 2 is 2.00 bits per heavy atom. The van der Waals surface area contributed by atoms with Gasteiger partial charge in [0.1, 0.15) is 17.3 Å². The lowest BCUT2D eigenvalue weighted by molar-refractivity contribution is 0.0941. The van der Waals surface area contributed by atoms with Crippen LogP contribution in [-0.2, 0) is 9.84 Å². The van der Waals surface area contributed by atoms with E-state index in [0.717, 1.165) is 0 Å². The molecule has 0 radical (unpaired) electrons. The normalized spacial score (nSPS) is 17.9. The van der Waals surface area contributed by atoms with Gasteiger partial charge in [0.05, 0.1) is 37.0 Å². The van der Waals surface area contributed by atoms with Crippen molar-refractivity contribution in [1.82, 2.24) is 10.3 Å². The number of amides is 1. The van der Waals surface area contributed by atoms with E-state index in [1.54, 1.807) is 44.6 Å². The Hall–Kier alpha value is -2.81. The Bertz CT molecular complexity index is 929. The number of nitrogens with one attached hydrogen (secondary N) is 2. The molecule has 1 saturated heterocycles. The Morgan fingerprint density at radius 3 is 2.59 bits per heavy atom. The molecule has 2 N–H and O–H groups in total. The number of hydrogen-bond donors (Lipinski definition) is 2. The fourth-order valence-corrected chi connectivity index (χ4v) is 4.49. The Kier molecular flexibility index (Phi) is 5.50. The quantitative estimate of drug-likeness (QED) is 0.773. The molecule has 1 amide bonds. The van der Waals surface area contributed by atoms with E-state index in [4.69, 9.17) is 9.47 Å². The predicted molar refractivity (Wildman–Crippen MR) is 102 cm³/mol. The summed E-state index contributed by atoms with van der Waals surface area (Å²) in [7, 11) is 0.0997. The average Bonchev–Trinajstić information content (AvgIpc) is 3.00. The van der Waals surface area contributed by atoms with Gasteiger partial charge in [0.15, 0.2) is 9.84 Å². The van der Waals surface area contributed by atoms with Crippen molar-refractivity contribution in [3.8, 4) is 11.5 Å². The number of nitrogens with zero attached hydrogens (tertiary/aromatic N) is 1. The molecule has 0 saturated carbocycles. The van der Waals surface area contributed by atoms with Crippen molar-refractivity contribution in [2.75, 3.05) is 31.0 Å². The first kappa shape index (κ1) is 19.0. The van der Waals surface area contributed by atoms with Gasteiger partial charge >= 0.3 is 0 Å². The van der Waals surface area contributed by atoms with Crippen LogP contribution in [0.25, 0.3) is 0 Å². The summed E-state index contributed by atoms with van der Waals surface area (Å²) in [6.45, 7) is 0. The van der Waals surface area contributed by atoms with Crippen molar-refractivity contribution in [3.63, 3.8) is 0 Å². The van der Waals surface area contributed by atoms with Crippen LogP contribution in [0.15, 0.2) is 36.5 Å². The molecule has 9 heteroatoms. The van der Waals surface area contributed by atoms with Gasteiger partial charge in [-0.05, 0) is 30.7 Å². The number of aromatic nitrogens is 1. The molecule has 1 aromatic carbocycles. The van der Waals surface area contributed by atoms with Crippen LogP contribution in [0.5, 0.6) is 11.5 Å². The molecule has 1 aromatic heterocycles. The van der Waals surface area contributed by atoms with E-state index in [0.29, 0.717) is 35.0 Å². The number of ether oxygens (including phenoxy) is 2. The van der Waals surface area contributed by atoms with Crippen LogP contribution in [0, 0.1) is 0 Å². The fraction of sp³-hybridized carbons (Fsp3) is 0.333. The van der Waals surface area contributed by atoms with Gasteiger partial charge in [-0.25, -0.2) is 13.4 Å². The van der Waals surface area contributed by atoms with Gasteiger partial charge in [0.2, 0.25) is 0 Å². The summed E-state index contributed by atoms with van der Waals surface area (Å²) in [6.07, 6.45) is 1.88. The molecule has 1 unspecified atom stereocenters. The van der Waals surface area contributed by atoms with Crippen molar-refractivity contribution >= 4 is 27.2 Å². The summed E-state index contributed by atoms with van der Waals surface area (Å²) in [5.41, 5.74) is 1.07. The first-order valence-electron chi connectivity index (χ1n) is 8.36. The van der Waals surface area contributed by atoms with Crippen molar-refractivity contribution in [3.05, 3.63) is 42.1 Å². The number of sulfone groups is 1. The minimum Gasteiger partial charge on any atom is -0.497 e. The smallest absolute Gasteiger partial charge is 0.253 e. The molecule has 0 spiro atoms. The van der Waals surface area contributed by atoms with Crippen LogP contribution in [-0.4, -0.2) is 51.1 Å². The molecule has 2 aromatic rings. The Balaban J connectivity index is 1.66. The molecule has 3 rings (SSSR count). The van der Waals surface area contributed by atoms with Crippen molar-refractivity contribution in [2.24, 2.45) is 0 Å². The molecule has 8 nitrogen and oxygen atoms in total. The SMILES string of the molecule is COc1ccc(Nc2ccc(C(=O)NC3CCS(=O)(=O)C3)cn2)c(OC)c1. The molecule has 0 bridgehead atoms. The molecular weight excluding hydrogens is 370 g/mol. The van der Waals surface area contributed by atoms with Gasteiger partial charge in [0.25, 0.3) is 5.91 Å². The number of benzene rings is 1. The summed E-state index contributed by atoms with van der Waals surface area (Å²) < 4.78 is 33.5. The summed E-state index contributed by atoms with van der Waals surface area (Å²) in [5, 5.41) is 5.86. The molecule has 1 atom stereocenters. The number of anilines is 2. The first-order chi connectivity index (χ1) is 12.9. The molecular formula is C18H21N3O5S. The monoisotopic (exact) mass is 391 g/mol. The number of carbonyl (C=O) groups excluding carboxylic acids is 1. The Labute approximate surface area is 157 Å². The zero-order valence-electron chi connectivity index (χ0n) is 15.1. The van der Waals surface area contributed by atoms with E-state index in [1.165, 1.54) is 6.20 Å². The lowest BCUT2D eigenvalue weighted by atomic mass is 10.2. The van der Waals surface area contributed by atoms with Crippen LogP contribution in [0.2, 0.25) is 0 Å². The van der Waals surface area contributed by atoms with E-state index in [9.17, 15) is 13.2 Å². The Morgan fingerprint density at radius 1 is 1.19 bits per heavy atom. The molecule has 0 aliphatic carbocycles. The molecule has 27 heavy (non-hydrogen) atoms. The highest BCUT2D eigenvalue weighted by atomic mass is 32.2. The van der Waals surface area contributed by atoms with Gasteiger partial charge in [-0.15, -0.1) is 0 Å². The van der Waals surface area contributed by atoms with E-state index in [1.807, 2.05) is 0 Å². The van der Waals surface area contributed by atoms with Gasteiger partial charge in [-0.3, -0.25) is 4.79 Å². The molecule has 2 heterocycles. The third-order valence-corrected chi connectivity index (χ3v) is 6.03. The van der Waals surface area contributed by atoms with Crippen LogP contribution in [0.4, 0.5) is 11.5 Å². The highest BCUT2D eigenvalue weighted by molar-refractivity contribution is 7.91. The second-order valence-corrected chi connectivity index (χ2v) is 8.43. The third-order valence-electron chi connectivity index (χ3n) is 4.26. The number of methoxy groups -OCH3 is 2. The van der Waals surface area contributed by atoms with Crippen molar-refractivity contribution in [1.29, 1.82) is 0 Å². The molecule has 1 aliphatic rings. The summed E-state index contributed by atoms with van der Waals surface area (Å²) in [6, 6.07) is 8.31. The average molecular weight is 391 g/mol. The van der Waals surface area contributed by atoms with Crippen LogP contribution < -0.4 is 20.1 Å². The largest absolute Gasteiger partial charge is 0.497 e. The second-order valence-electron chi connectivity index (χ2n) is 6.20. The zero-order chi connectivity index (χ0) is 19.4. The summed E-state index contributed by atoms with van der Waals surface area (Å²) in [4.78, 5) is 16.5. The van der Waals surface area contributed by atoms with Crippen LogP contribution in [0.1, 0.15) is 16.8 Å². The maximum atomic E-state index is 12.3. The number of pyridine rings is 1. The number of rotatable bonds is 6. The fourth-order valence-electron chi connectivity index (χ4n) is 2.82. The minimum absolute atomic E-state index is 0.0108. The van der Waals surface area contributed by atoms with Gasteiger partial charge in [-0.2, -0.15) is 0 Å². The number of carbonyl (C=O) groups is 1. The maximum Gasteiger partial charge on any atom is 0.253 e. The first-order valence-corrected chi connectivity index (χ1v) is 10.2. The maximum absolute atomic E-state index is 12.3. The van der Waals surface area contributed by atoms with Crippen LogP contribution in [0.3, 0.4) is 0 Å². The molecule has 1 aliphatic heterocycles. The zero-order valence-corrected chi connectivity index (χ0v) is 15.9. The van der Waals surface area contributed by atoms with Crippen LogP contribution >= 0.6 is 0 Å². The lowest BCUT2D eigenvalue weighted by Gasteiger charge is -2.13. The predicted octanol–water partition coefficient (Wildman–Crippen LogP) is 1.76. The topological polar surface area (TPSA) is 107 Å². The summed E-state index contributed by atoms with van der Waals surface area (Å²) in [5.74, 6) is 1.58. The highest BCUT2D eigenvalue weighted by Crippen LogP contribution is 2.30. The van der Waals surface area contributed by atoms with Crippen molar-refractivity contribution in [2.45, 2.75) is 12.5 Å². The standard InChI is InChI=1S/C18H21N3O5S/c1-25-14-4-5-15(16(9-14)26-2)21-17-6-3-12(10-19-17)18(22)20-13-7-8-27(23,24)11-13/h3-6,9-10,13H,7-8,11H2,1-2H3,(H,19,21)(H,20,22). The highest BCUT2D eigenvalue weighted by Gasteiger charge is 2.29.